The molecule has 5 heteroatoms. The molecule has 1 aromatic heterocycles. The number of carboxylic acids is 1. The Labute approximate surface area is 100 Å². The Morgan fingerprint density at radius 2 is 2.12 bits per heavy atom. The SMILES string of the molecule is COC(=O)C(CC(C)C)n1cccc1C(=O)O. The number of methoxy groups -OCH3 is 1. The number of nitrogens with zero attached hydrogens (tertiary/aromatic N) is 1. The van der Waals surface area contributed by atoms with Gasteiger partial charge in [0, 0.05) is 6.20 Å². The normalized spacial score (nSPS) is 12.5. The fourth-order valence-electron chi connectivity index (χ4n) is 1.75. The number of carbonyl (C=O) groups excluding carboxylic acids is 1. The lowest BCUT2D eigenvalue weighted by Gasteiger charge is -2.19. The van der Waals surface area contributed by atoms with Crippen molar-refractivity contribution in [3.05, 3.63) is 24.0 Å². The first kappa shape index (κ1) is 13.3. The molecule has 17 heavy (non-hydrogen) atoms. The molecule has 0 aliphatic rings. The number of aromatic nitrogens is 1. The molecule has 1 N–H and O–H groups in total. The van der Waals surface area contributed by atoms with Gasteiger partial charge >= 0.3 is 11.9 Å². The van der Waals surface area contributed by atoms with Crippen LogP contribution in [-0.2, 0) is 9.53 Å². The number of ether oxygens (including phenoxy) is 1. The van der Waals surface area contributed by atoms with E-state index in [1.54, 1.807) is 12.3 Å². The van der Waals surface area contributed by atoms with E-state index in [2.05, 4.69) is 0 Å². The smallest absolute Gasteiger partial charge is 0.352 e. The summed E-state index contributed by atoms with van der Waals surface area (Å²) in [6.45, 7) is 3.94. The van der Waals surface area contributed by atoms with E-state index in [4.69, 9.17) is 9.84 Å². The lowest BCUT2D eigenvalue weighted by molar-refractivity contribution is -0.145. The molecule has 0 spiro atoms. The molecule has 0 radical (unpaired) electrons. The van der Waals surface area contributed by atoms with Crippen LogP contribution in [0.3, 0.4) is 0 Å². The number of esters is 1. The van der Waals surface area contributed by atoms with Crippen molar-refractivity contribution in [1.82, 2.24) is 4.57 Å². The van der Waals surface area contributed by atoms with Gasteiger partial charge in [0.2, 0.25) is 0 Å². The van der Waals surface area contributed by atoms with Crippen LogP contribution < -0.4 is 0 Å². The minimum atomic E-state index is -1.05. The number of aromatic carboxylic acids is 1. The summed E-state index contributed by atoms with van der Waals surface area (Å²) in [7, 11) is 1.31. The molecular weight excluding hydrogens is 222 g/mol. The fourth-order valence-corrected chi connectivity index (χ4v) is 1.75. The van der Waals surface area contributed by atoms with E-state index in [0.29, 0.717) is 6.42 Å². The monoisotopic (exact) mass is 239 g/mol. The summed E-state index contributed by atoms with van der Waals surface area (Å²) in [5.74, 6) is -1.20. The van der Waals surface area contributed by atoms with E-state index in [9.17, 15) is 9.59 Å². The second kappa shape index (κ2) is 5.52. The van der Waals surface area contributed by atoms with Crippen LogP contribution in [0.4, 0.5) is 0 Å². The summed E-state index contributed by atoms with van der Waals surface area (Å²) in [5.41, 5.74) is 0.0982. The largest absolute Gasteiger partial charge is 0.477 e. The summed E-state index contributed by atoms with van der Waals surface area (Å²) in [4.78, 5) is 22.7. The number of rotatable bonds is 5. The van der Waals surface area contributed by atoms with Crippen molar-refractivity contribution >= 4 is 11.9 Å². The topological polar surface area (TPSA) is 68.5 Å². The molecule has 0 aliphatic carbocycles. The molecule has 0 aromatic carbocycles. The third-order valence-corrected chi connectivity index (χ3v) is 2.50. The zero-order valence-electron chi connectivity index (χ0n) is 10.2. The molecule has 5 nitrogen and oxygen atoms in total. The molecule has 0 fully saturated rings. The van der Waals surface area contributed by atoms with E-state index < -0.39 is 18.0 Å². The van der Waals surface area contributed by atoms with Crippen LogP contribution in [0.15, 0.2) is 18.3 Å². The number of hydrogen-bond donors (Lipinski definition) is 1. The van der Waals surface area contributed by atoms with Gasteiger partial charge in [-0.1, -0.05) is 13.8 Å². The average molecular weight is 239 g/mol. The quantitative estimate of drug-likeness (QED) is 0.797. The van der Waals surface area contributed by atoms with Gasteiger partial charge in [-0.2, -0.15) is 0 Å². The van der Waals surface area contributed by atoms with E-state index in [-0.39, 0.29) is 11.6 Å². The fraction of sp³-hybridized carbons (Fsp3) is 0.500. The van der Waals surface area contributed by atoms with Gasteiger partial charge in [-0.25, -0.2) is 9.59 Å². The summed E-state index contributed by atoms with van der Waals surface area (Å²) >= 11 is 0. The van der Waals surface area contributed by atoms with E-state index in [0.717, 1.165) is 0 Å². The molecule has 0 saturated carbocycles. The summed E-state index contributed by atoms with van der Waals surface area (Å²) in [5, 5.41) is 9.02. The maximum absolute atomic E-state index is 11.7. The van der Waals surface area contributed by atoms with Crippen molar-refractivity contribution in [2.75, 3.05) is 7.11 Å². The highest BCUT2D eigenvalue weighted by atomic mass is 16.5. The summed E-state index contributed by atoms with van der Waals surface area (Å²) in [6, 6.07) is 2.50. The van der Waals surface area contributed by atoms with Crippen molar-refractivity contribution in [1.29, 1.82) is 0 Å². The van der Waals surface area contributed by atoms with Crippen molar-refractivity contribution in [3.8, 4) is 0 Å². The molecular formula is C12H17NO4. The van der Waals surface area contributed by atoms with Crippen molar-refractivity contribution in [2.24, 2.45) is 5.92 Å². The van der Waals surface area contributed by atoms with Gasteiger partial charge in [0.25, 0.3) is 0 Å². The highest BCUT2D eigenvalue weighted by Crippen LogP contribution is 2.21. The van der Waals surface area contributed by atoms with Crippen molar-refractivity contribution in [3.63, 3.8) is 0 Å². The molecule has 0 amide bonds. The highest BCUT2D eigenvalue weighted by molar-refractivity contribution is 5.87. The van der Waals surface area contributed by atoms with Crippen LogP contribution in [0.1, 0.15) is 36.8 Å². The molecule has 1 unspecified atom stereocenters. The van der Waals surface area contributed by atoms with Gasteiger partial charge in [0.05, 0.1) is 7.11 Å². The summed E-state index contributed by atoms with van der Waals surface area (Å²) < 4.78 is 6.17. The van der Waals surface area contributed by atoms with Crippen LogP contribution >= 0.6 is 0 Å². The number of carboxylic acid groups (broad SMARTS) is 1. The van der Waals surface area contributed by atoms with Crippen molar-refractivity contribution < 1.29 is 19.4 Å². The minimum Gasteiger partial charge on any atom is -0.477 e. The van der Waals surface area contributed by atoms with Crippen LogP contribution in [-0.4, -0.2) is 28.7 Å². The van der Waals surface area contributed by atoms with Gasteiger partial charge in [-0.15, -0.1) is 0 Å². The minimum absolute atomic E-state index is 0.0982. The number of carbonyl (C=O) groups is 2. The van der Waals surface area contributed by atoms with Crippen LogP contribution in [0.5, 0.6) is 0 Å². The van der Waals surface area contributed by atoms with Crippen molar-refractivity contribution in [2.45, 2.75) is 26.3 Å². The third kappa shape index (κ3) is 3.09. The maximum atomic E-state index is 11.7. The molecule has 1 atom stereocenters. The van der Waals surface area contributed by atoms with Gasteiger partial charge in [0.15, 0.2) is 0 Å². The van der Waals surface area contributed by atoms with Gasteiger partial charge in [-0.3, -0.25) is 0 Å². The lowest BCUT2D eigenvalue weighted by Crippen LogP contribution is -2.24. The molecule has 0 saturated heterocycles. The predicted octanol–water partition coefficient (Wildman–Crippen LogP) is 1.95. The Morgan fingerprint density at radius 3 is 2.59 bits per heavy atom. The zero-order valence-corrected chi connectivity index (χ0v) is 10.2. The second-order valence-corrected chi connectivity index (χ2v) is 4.27. The van der Waals surface area contributed by atoms with E-state index in [1.165, 1.54) is 17.7 Å². The first-order valence-electron chi connectivity index (χ1n) is 5.45. The Morgan fingerprint density at radius 1 is 1.47 bits per heavy atom. The molecule has 0 bridgehead atoms. The van der Waals surface area contributed by atoms with E-state index in [1.807, 2.05) is 13.8 Å². The van der Waals surface area contributed by atoms with Crippen LogP contribution in [0.2, 0.25) is 0 Å². The highest BCUT2D eigenvalue weighted by Gasteiger charge is 2.25. The lowest BCUT2D eigenvalue weighted by atomic mass is 10.0. The summed E-state index contributed by atoms with van der Waals surface area (Å²) in [6.07, 6.45) is 2.13. The predicted molar refractivity (Wildman–Crippen MR) is 61.9 cm³/mol. The molecule has 1 rings (SSSR count). The molecule has 0 aliphatic heterocycles. The Hall–Kier alpha value is -1.78. The first-order chi connectivity index (χ1) is 7.97. The Bertz CT molecular complexity index is 408. The van der Waals surface area contributed by atoms with Gasteiger partial charge < -0.3 is 14.4 Å². The van der Waals surface area contributed by atoms with Gasteiger partial charge in [-0.05, 0) is 24.5 Å². The molecule has 1 aromatic rings. The standard InChI is InChI=1S/C12H17NO4/c1-8(2)7-10(12(16)17-3)13-6-4-5-9(13)11(14)15/h4-6,8,10H,7H2,1-3H3,(H,14,15). The molecule has 94 valence electrons. The Balaban J connectivity index is 3.08. The third-order valence-electron chi connectivity index (χ3n) is 2.50. The van der Waals surface area contributed by atoms with Crippen LogP contribution in [0.25, 0.3) is 0 Å². The van der Waals surface area contributed by atoms with Gasteiger partial charge in [0.1, 0.15) is 11.7 Å². The molecule has 1 heterocycles. The number of hydrogen-bond acceptors (Lipinski definition) is 3. The second-order valence-electron chi connectivity index (χ2n) is 4.27. The van der Waals surface area contributed by atoms with E-state index >= 15 is 0 Å². The maximum Gasteiger partial charge on any atom is 0.352 e. The average Bonchev–Trinajstić information content (AvgIpc) is 2.73. The first-order valence-corrected chi connectivity index (χ1v) is 5.45. The van der Waals surface area contributed by atoms with Crippen LogP contribution in [0, 0.1) is 5.92 Å². The zero-order chi connectivity index (χ0) is 13.0. The Kier molecular flexibility index (Phi) is 4.31.